The van der Waals surface area contributed by atoms with Crippen molar-refractivity contribution in [2.75, 3.05) is 17.2 Å². The summed E-state index contributed by atoms with van der Waals surface area (Å²) >= 11 is 0. The highest BCUT2D eigenvalue weighted by molar-refractivity contribution is 5.66. The van der Waals surface area contributed by atoms with Gasteiger partial charge in [0.05, 0.1) is 12.3 Å². The van der Waals surface area contributed by atoms with Gasteiger partial charge in [0.15, 0.2) is 0 Å². The fourth-order valence-electron chi connectivity index (χ4n) is 2.77. The zero-order valence-corrected chi connectivity index (χ0v) is 16.8. The molecule has 1 aromatic heterocycles. The van der Waals surface area contributed by atoms with E-state index in [0.29, 0.717) is 11.1 Å². The summed E-state index contributed by atoms with van der Waals surface area (Å²) in [4.78, 5) is 8.53. The maximum Gasteiger partial charge on any atom is 0.573 e. The Hall–Kier alpha value is -3.47. The Kier molecular flexibility index (Phi) is 7.08. The van der Waals surface area contributed by atoms with Gasteiger partial charge in [-0.3, -0.25) is 0 Å². The Balaban J connectivity index is 1.91. The molecule has 3 rings (SSSR count). The topological polar surface area (TPSA) is 79.3 Å². The first-order valence-corrected chi connectivity index (χ1v) is 9.43. The van der Waals surface area contributed by atoms with Gasteiger partial charge in [-0.2, -0.15) is 4.98 Å². The van der Waals surface area contributed by atoms with E-state index in [1.165, 1.54) is 24.3 Å². The summed E-state index contributed by atoms with van der Waals surface area (Å²) < 4.78 is 68.5. The number of hydrogen-bond donors (Lipinski definition) is 3. The number of nitrogens with one attached hydrogen (secondary N) is 2. The minimum Gasteiger partial charge on any atom is -0.406 e. The smallest absolute Gasteiger partial charge is 0.406 e. The molecule has 0 radical (unpaired) electrons. The number of ether oxygens (including phenoxy) is 1. The van der Waals surface area contributed by atoms with Crippen LogP contribution in [0.1, 0.15) is 12.5 Å². The fraction of sp³-hybridized carbons (Fsp3) is 0.238. The van der Waals surface area contributed by atoms with Crippen molar-refractivity contribution in [1.29, 1.82) is 0 Å². The van der Waals surface area contributed by atoms with Crippen molar-refractivity contribution in [2.45, 2.75) is 25.9 Å². The monoisotopic (exact) mass is 454 g/mol. The van der Waals surface area contributed by atoms with Crippen LogP contribution in [0.25, 0.3) is 11.3 Å². The molecule has 170 valence electrons. The van der Waals surface area contributed by atoms with Crippen LogP contribution in [0.15, 0.2) is 48.5 Å². The highest BCUT2D eigenvalue weighted by atomic mass is 19.4. The van der Waals surface area contributed by atoms with E-state index in [-0.39, 0.29) is 30.6 Å². The Morgan fingerprint density at radius 1 is 1.03 bits per heavy atom. The van der Waals surface area contributed by atoms with E-state index >= 15 is 0 Å². The van der Waals surface area contributed by atoms with Crippen LogP contribution in [-0.4, -0.2) is 34.1 Å². The summed E-state index contributed by atoms with van der Waals surface area (Å²) in [6.07, 6.45) is -4.85. The number of aromatic nitrogens is 2. The third kappa shape index (κ3) is 6.77. The van der Waals surface area contributed by atoms with E-state index in [1.54, 1.807) is 6.92 Å². The number of aliphatic hydroxyl groups excluding tert-OH is 1. The third-order valence-corrected chi connectivity index (χ3v) is 4.13. The SMILES string of the molecule is C[C@H](CO)Nc1nc(NCc2cc(F)cc(F)c2)cc(-c2cccc(OC(F)(F)F)c2)n1. The number of benzene rings is 2. The lowest BCUT2D eigenvalue weighted by molar-refractivity contribution is -0.274. The fourth-order valence-corrected chi connectivity index (χ4v) is 2.77. The standard InChI is InChI=1S/C21H19F5N4O2/c1-12(11-31)28-20-29-18(14-3-2-4-17(7-14)32-21(24,25)26)9-19(30-20)27-10-13-5-15(22)8-16(23)6-13/h2-9,12,31H,10-11H2,1H3,(H2,27,28,29,30)/t12-/m1/s1. The summed E-state index contributed by atoms with van der Waals surface area (Å²) in [7, 11) is 0. The molecular formula is C21H19F5N4O2. The van der Waals surface area contributed by atoms with Crippen molar-refractivity contribution >= 4 is 11.8 Å². The third-order valence-electron chi connectivity index (χ3n) is 4.13. The first-order valence-electron chi connectivity index (χ1n) is 9.43. The Labute approximate surface area is 180 Å². The molecule has 1 atom stereocenters. The second-order valence-electron chi connectivity index (χ2n) is 6.90. The predicted molar refractivity (Wildman–Crippen MR) is 108 cm³/mol. The second-order valence-corrected chi connectivity index (χ2v) is 6.90. The van der Waals surface area contributed by atoms with Gasteiger partial charge >= 0.3 is 6.36 Å². The summed E-state index contributed by atoms with van der Waals surface area (Å²) in [5, 5.41) is 15.1. The highest BCUT2D eigenvalue weighted by Crippen LogP contribution is 2.29. The minimum atomic E-state index is -4.85. The van der Waals surface area contributed by atoms with Crippen molar-refractivity contribution in [2.24, 2.45) is 0 Å². The van der Waals surface area contributed by atoms with Crippen molar-refractivity contribution in [1.82, 2.24) is 9.97 Å². The van der Waals surface area contributed by atoms with Crippen LogP contribution in [0, 0.1) is 11.6 Å². The molecule has 2 aromatic carbocycles. The van der Waals surface area contributed by atoms with Crippen LogP contribution in [0.3, 0.4) is 0 Å². The highest BCUT2D eigenvalue weighted by Gasteiger charge is 2.31. The predicted octanol–water partition coefficient (Wildman–Crippen LogP) is 4.73. The number of aliphatic hydroxyl groups is 1. The quantitative estimate of drug-likeness (QED) is 0.428. The van der Waals surface area contributed by atoms with Crippen molar-refractivity contribution in [3.8, 4) is 17.0 Å². The molecular weight excluding hydrogens is 435 g/mol. The molecule has 3 N–H and O–H groups in total. The number of nitrogens with zero attached hydrogens (tertiary/aromatic N) is 2. The van der Waals surface area contributed by atoms with E-state index in [4.69, 9.17) is 0 Å². The number of anilines is 2. The molecule has 0 bridgehead atoms. The van der Waals surface area contributed by atoms with Gasteiger partial charge in [0.1, 0.15) is 23.2 Å². The first-order chi connectivity index (χ1) is 15.1. The lowest BCUT2D eigenvalue weighted by Crippen LogP contribution is -2.21. The maximum absolute atomic E-state index is 13.4. The van der Waals surface area contributed by atoms with E-state index < -0.39 is 29.8 Å². The molecule has 11 heteroatoms. The molecule has 0 saturated heterocycles. The van der Waals surface area contributed by atoms with Crippen LogP contribution < -0.4 is 15.4 Å². The summed E-state index contributed by atoms with van der Waals surface area (Å²) in [5.74, 6) is -1.54. The average molecular weight is 454 g/mol. The largest absolute Gasteiger partial charge is 0.573 e. The van der Waals surface area contributed by atoms with Gasteiger partial charge in [0.2, 0.25) is 5.95 Å². The Bertz CT molecular complexity index is 1060. The number of halogens is 5. The van der Waals surface area contributed by atoms with Crippen molar-refractivity contribution in [3.05, 3.63) is 65.7 Å². The minimum absolute atomic E-state index is 0.0252. The van der Waals surface area contributed by atoms with E-state index in [2.05, 4.69) is 25.3 Å². The summed E-state index contributed by atoms with van der Waals surface area (Å²) in [5.41, 5.74) is 0.892. The van der Waals surface area contributed by atoms with Crippen molar-refractivity contribution < 1.29 is 31.8 Å². The molecule has 6 nitrogen and oxygen atoms in total. The Morgan fingerprint density at radius 2 is 1.75 bits per heavy atom. The molecule has 0 aliphatic rings. The van der Waals surface area contributed by atoms with Gasteiger partial charge in [0, 0.05) is 30.3 Å². The molecule has 0 aliphatic heterocycles. The zero-order valence-electron chi connectivity index (χ0n) is 16.8. The van der Waals surface area contributed by atoms with Crippen molar-refractivity contribution in [3.63, 3.8) is 0 Å². The lowest BCUT2D eigenvalue weighted by Gasteiger charge is -2.15. The molecule has 0 saturated carbocycles. The molecule has 0 aliphatic carbocycles. The van der Waals surface area contributed by atoms with Gasteiger partial charge in [-0.15, -0.1) is 13.2 Å². The molecule has 0 amide bonds. The van der Waals surface area contributed by atoms with E-state index in [1.807, 2.05) is 0 Å². The van der Waals surface area contributed by atoms with Crippen LogP contribution in [0.5, 0.6) is 5.75 Å². The van der Waals surface area contributed by atoms with Gasteiger partial charge in [0.25, 0.3) is 0 Å². The molecule has 3 aromatic rings. The molecule has 0 spiro atoms. The van der Waals surface area contributed by atoms with E-state index in [9.17, 15) is 27.1 Å². The van der Waals surface area contributed by atoms with Crippen LogP contribution >= 0.6 is 0 Å². The van der Waals surface area contributed by atoms with Gasteiger partial charge < -0.3 is 20.5 Å². The number of hydrogen-bond acceptors (Lipinski definition) is 6. The molecule has 1 heterocycles. The second kappa shape index (κ2) is 9.77. The maximum atomic E-state index is 13.4. The van der Waals surface area contributed by atoms with Crippen LogP contribution in [-0.2, 0) is 6.54 Å². The summed E-state index contributed by atoms with van der Waals surface area (Å²) in [6.45, 7) is 1.49. The van der Waals surface area contributed by atoms with Gasteiger partial charge in [-0.25, -0.2) is 13.8 Å². The van der Waals surface area contributed by atoms with Crippen LogP contribution in [0.2, 0.25) is 0 Å². The number of rotatable bonds is 8. The van der Waals surface area contributed by atoms with Gasteiger partial charge in [-0.1, -0.05) is 12.1 Å². The first kappa shape index (κ1) is 23.2. The molecule has 0 fully saturated rings. The molecule has 0 unspecified atom stereocenters. The number of alkyl halides is 3. The lowest BCUT2D eigenvalue weighted by atomic mass is 10.1. The van der Waals surface area contributed by atoms with Crippen LogP contribution in [0.4, 0.5) is 33.7 Å². The molecule has 32 heavy (non-hydrogen) atoms. The summed E-state index contributed by atoms with van der Waals surface area (Å²) in [6, 6.07) is 9.37. The average Bonchev–Trinajstić information content (AvgIpc) is 2.70. The normalized spacial score (nSPS) is 12.3. The zero-order chi connectivity index (χ0) is 23.3. The van der Waals surface area contributed by atoms with E-state index in [0.717, 1.165) is 24.3 Å². The Morgan fingerprint density at radius 3 is 2.41 bits per heavy atom. The van der Waals surface area contributed by atoms with Gasteiger partial charge in [-0.05, 0) is 36.8 Å².